The smallest absolute Gasteiger partial charge is 0.716 e. The summed E-state index contributed by atoms with van der Waals surface area (Å²) in [5.74, 6) is -1.48. The first-order valence-electron chi connectivity index (χ1n) is 11.2. The monoisotopic (exact) mass is 609 g/mol. The van der Waals surface area contributed by atoms with Gasteiger partial charge in [-0.05, 0) is 29.3 Å². The number of anilines is 1. The molecule has 1 amide bonds. The van der Waals surface area contributed by atoms with E-state index in [0.29, 0.717) is 0 Å². The molecule has 0 unspecified atom stereocenters. The van der Waals surface area contributed by atoms with E-state index >= 15 is 0 Å². The molecule has 0 aromatic heterocycles. The minimum atomic E-state index is -5.32. The summed E-state index contributed by atoms with van der Waals surface area (Å²) in [5.41, 5.74) is 2.06. The van der Waals surface area contributed by atoms with Crippen molar-refractivity contribution >= 4 is 53.9 Å². The summed E-state index contributed by atoms with van der Waals surface area (Å²) in [6, 6.07) is 26.0. The van der Waals surface area contributed by atoms with Gasteiger partial charge in [-0.25, -0.2) is 16.8 Å². The summed E-state index contributed by atoms with van der Waals surface area (Å²) in [6.07, 6.45) is 0. The molecule has 0 atom stereocenters. The fraction of sp³-hybridized carbons (Fsp3) is 0. The average molecular weight is 610 g/mol. The van der Waals surface area contributed by atoms with Gasteiger partial charge in [-0.15, -0.1) is 0 Å². The molecular weight excluding hydrogens is 592 g/mol. The zero-order valence-electron chi connectivity index (χ0n) is 21.7. The molecule has 0 aliphatic heterocycles. The molecule has 5 rings (SSSR count). The molecule has 0 saturated heterocycles. The Morgan fingerprint density at radius 3 is 1.66 bits per heavy atom. The van der Waals surface area contributed by atoms with Gasteiger partial charge in [0.2, 0.25) is 0 Å². The Hall–Kier alpha value is -2.49. The summed E-state index contributed by atoms with van der Waals surface area (Å²) in [7, 11) is -10.6. The summed E-state index contributed by atoms with van der Waals surface area (Å²) in [6.45, 7) is 0. The Bertz CT molecular complexity index is 1950. The molecule has 0 aliphatic rings. The van der Waals surface area contributed by atoms with Gasteiger partial charge in [0.1, 0.15) is 0 Å². The molecule has 0 fully saturated rings. The van der Waals surface area contributed by atoms with Crippen molar-refractivity contribution in [1.82, 2.24) is 0 Å². The maximum atomic E-state index is 13.2. The Labute approximate surface area is 280 Å². The quantitative estimate of drug-likeness (QED) is 0.101. The molecule has 5 aromatic carbocycles. The third-order valence-electron chi connectivity index (χ3n) is 5.83. The maximum absolute atomic E-state index is 13.2. The predicted octanol–water partition coefficient (Wildman–Crippen LogP) is -1.40. The molecule has 14 heteroatoms. The van der Waals surface area contributed by atoms with E-state index in [1.165, 1.54) is 42.5 Å². The van der Waals surface area contributed by atoms with E-state index < -0.39 is 38.2 Å². The van der Waals surface area contributed by atoms with Crippen LogP contribution in [0.5, 0.6) is 11.5 Å². The molecule has 0 heterocycles. The van der Waals surface area contributed by atoms with Crippen LogP contribution in [-0.2, 0) is 20.8 Å². The van der Waals surface area contributed by atoms with E-state index in [1.807, 2.05) is 30.3 Å². The van der Waals surface area contributed by atoms with Crippen LogP contribution in [0.3, 0.4) is 0 Å². The molecule has 198 valence electrons. The van der Waals surface area contributed by atoms with Gasteiger partial charge in [0.05, 0.1) is 11.1 Å². The first-order valence-corrected chi connectivity index (χ1v) is 13.9. The second kappa shape index (κ2) is 13.2. The molecule has 10 nitrogen and oxygen atoms in total. The molecule has 1 N–H and O–H groups in total. The zero-order valence-corrected chi connectivity index (χ0v) is 27.4. The molecule has 0 radical (unpaired) electrons. The number of rotatable bonds is 7. The summed E-state index contributed by atoms with van der Waals surface area (Å²) in [5, 5.41) is 2.33. The van der Waals surface area contributed by atoms with E-state index in [1.54, 1.807) is 24.3 Å². The molecule has 0 spiro atoms. The minimum absolute atomic E-state index is 0. The van der Waals surface area contributed by atoms with Crippen molar-refractivity contribution in [2.45, 2.75) is 0 Å². The number of hydrogen-bond donors (Lipinski definition) is 1. The second-order valence-corrected chi connectivity index (χ2v) is 10.3. The van der Waals surface area contributed by atoms with Gasteiger partial charge in [0, 0.05) is 21.7 Å². The van der Waals surface area contributed by atoms with Crippen LogP contribution >= 0.6 is 0 Å². The fourth-order valence-corrected chi connectivity index (χ4v) is 5.03. The normalized spacial score (nSPS) is 11.3. The van der Waals surface area contributed by atoms with Gasteiger partial charge in [-0.3, -0.25) is 4.79 Å². The van der Waals surface area contributed by atoms with Gasteiger partial charge in [0.25, 0.3) is 26.7 Å². The van der Waals surface area contributed by atoms with E-state index in [0.717, 1.165) is 11.1 Å². The van der Waals surface area contributed by atoms with Crippen LogP contribution < -0.4 is 72.8 Å². The molecule has 0 saturated carbocycles. The summed E-state index contributed by atoms with van der Waals surface area (Å²) < 4.78 is 79.2. The molecule has 0 aliphatic carbocycles. The summed E-state index contributed by atoms with van der Waals surface area (Å²) in [4.78, 5) is 13.2. The van der Waals surface area contributed by atoms with Crippen molar-refractivity contribution in [2.75, 3.05) is 5.32 Å². The summed E-state index contributed by atoms with van der Waals surface area (Å²) >= 11 is 0. The molecule has 5 aromatic rings. The third-order valence-corrected chi connectivity index (χ3v) is 6.57. The van der Waals surface area contributed by atoms with Crippen LogP contribution in [0.2, 0.25) is 0 Å². The average Bonchev–Trinajstić information content (AvgIpc) is 2.90. The number of benzene rings is 5. The first-order chi connectivity index (χ1) is 18.5. The van der Waals surface area contributed by atoms with Gasteiger partial charge in [0.15, 0.2) is 11.5 Å². The molecule has 0 bridgehead atoms. The topological polar surface area (TPSA) is 162 Å². The van der Waals surface area contributed by atoms with Gasteiger partial charge in [-0.2, -0.15) is 0 Å². The third kappa shape index (κ3) is 7.67. The van der Waals surface area contributed by atoms with Crippen molar-refractivity contribution in [3.8, 4) is 22.6 Å². The Morgan fingerprint density at radius 2 is 1.07 bits per heavy atom. The van der Waals surface area contributed by atoms with Crippen LogP contribution in [0.15, 0.2) is 97.1 Å². The minimum Gasteiger partial charge on any atom is -0.716 e. The predicted molar refractivity (Wildman–Crippen MR) is 142 cm³/mol. The van der Waals surface area contributed by atoms with Crippen LogP contribution in [0.1, 0.15) is 10.4 Å². The Kier molecular flexibility index (Phi) is 10.6. The Balaban J connectivity index is 0.00000231. The van der Waals surface area contributed by atoms with Crippen molar-refractivity contribution in [1.29, 1.82) is 0 Å². The Morgan fingerprint density at radius 1 is 0.585 bits per heavy atom. The number of amides is 1. The van der Waals surface area contributed by atoms with Gasteiger partial charge < -0.3 is 22.8 Å². The standard InChI is InChI=1S/C27H19NO9S2.2Na/c29-27(19-15-13-18(14-16-19)17-7-2-1-3-8-17)28-23-12-6-11-22-24(23)26(37-39(33,34)35)21-10-5-4-9-20(21)25(22)36-38(30,31)32;;/h1-16H,(H,28,29)(H,30,31,32)(H,33,34,35);;/q;2*+1/p-2. The van der Waals surface area contributed by atoms with Crippen molar-refractivity contribution in [3.63, 3.8) is 0 Å². The fourth-order valence-electron chi connectivity index (χ4n) is 4.27. The SMILES string of the molecule is O=C(Nc1cccc2c(OS(=O)(=O)[O-])c3ccccc3c(OS(=O)(=O)[O-])c12)c1ccc(-c2ccccc2)cc1.[Na+].[Na+]. The molecular formula is C27H17NNa2O9S2. The van der Waals surface area contributed by atoms with Gasteiger partial charge >= 0.3 is 59.1 Å². The van der Waals surface area contributed by atoms with Crippen molar-refractivity contribution in [2.24, 2.45) is 0 Å². The molecule has 41 heavy (non-hydrogen) atoms. The number of nitrogens with one attached hydrogen (secondary N) is 1. The maximum Gasteiger partial charge on any atom is 1.00 e. The van der Waals surface area contributed by atoms with Gasteiger partial charge in [-0.1, -0.05) is 78.9 Å². The second-order valence-electron chi connectivity index (χ2n) is 8.31. The van der Waals surface area contributed by atoms with E-state index in [9.17, 15) is 30.7 Å². The van der Waals surface area contributed by atoms with Crippen molar-refractivity contribution < 1.29 is 98.2 Å². The largest absolute Gasteiger partial charge is 1.00 e. The van der Waals surface area contributed by atoms with E-state index in [2.05, 4.69) is 5.32 Å². The number of carbonyl (C=O) groups excluding carboxylic acids is 1. The van der Waals surface area contributed by atoms with Crippen LogP contribution in [-0.4, -0.2) is 31.8 Å². The number of hydrogen-bond acceptors (Lipinski definition) is 9. The van der Waals surface area contributed by atoms with Crippen LogP contribution in [0.4, 0.5) is 5.69 Å². The van der Waals surface area contributed by atoms with E-state index in [4.69, 9.17) is 8.37 Å². The number of fused-ring (bicyclic) bond motifs is 2. The number of carbonyl (C=O) groups is 1. The van der Waals surface area contributed by atoms with Crippen LogP contribution in [0, 0.1) is 0 Å². The first kappa shape index (κ1) is 33.0. The van der Waals surface area contributed by atoms with E-state index in [-0.39, 0.29) is 91.9 Å². The zero-order chi connectivity index (χ0) is 27.8. The van der Waals surface area contributed by atoms with Crippen molar-refractivity contribution in [3.05, 3.63) is 103 Å². The van der Waals surface area contributed by atoms with Crippen LogP contribution in [0.25, 0.3) is 32.7 Å².